The van der Waals surface area contributed by atoms with Gasteiger partial charge in [0.2, 0.25) is 11.8 Å². The Balaban J connectivity index is 2.24. The molecule has 2 amide bonds. The molecular formula is C14H18ClN3O2. The molecule has 2 N–H and O–H groups in total. The number of carbonyl (C=O) groups excluding carboxylic acids is 2. The van der Waals surface area contributed by atoms with Gasteiger partial charge >= 0.3 is 0 Å². The number of nitrogens with zero attached hydrogens (tertiary/aromatic N) is 1. The molecule has 1 aromatic carbocycles. The lowest BCUT2D eigenvalue weighted by Gasteiger charge is -2.30. The van der Waals surface area contributed by atoms with Crippen molar-refractivity contribution in [1.29, 1.82) is 0 Å². The monoisotopic (exact) mass is 295 g/mol. The first-order valence-corrected chi connectivity index (χ1v) is 7.05. The summed E-state index contributed by atoms with van der Waals surface area (Å²) in [4.78, 5) is 24.7. The predicted molar refractivity (Wildman–Crippen MR) is 78.8 cm³/mol. The summed E-state index contributed by atoms with van der Waals surface area (Å²) in [7, 11) is 0. The van der Waals surface area contributed by atoms with Gasteiger partial charge in [-0.1, -0.05) is 30.7 Å². The largest absolute Gasteiger partial charge is 0.351 e. The van der Waals surface area contributed by atoms with Crippen LogP contribution in [0.5, 0.6) is 0 Å². The third-order valence-electron chi connectivity index (χ3n) is 3.08. The van der Waals surface area contributed by atoms with Crippen molar-refractivity contribution in [2.45, 2.75) is 19.9 Å². The maximum Gasteiger partial charge on any atom is 0.246 e. The molecule has 0 unspecified atom stereocenters. The second kappa shape index (κ2) is 6.72. The van der Waals surface area contributed by atoms with E-state index < -0.39 is 0 Å². The standard InChI is InChI=1S/C14H18ClN3O2/c1-2-6-16-7-10-4-3-5-11(15)14(10)18-8-12(19)17-13(20)9-18/h3-5,16H,2,6-9H2,1H3,(H,17,19,20). The van der Waals surface area contributed by atoms with Crippen LogP contribution in [0.2, 0.25) is 5.02 Å². The molecule has 1 aromatic rings. The van der Waals surface area contributed by atoms with E-state index in [0.717, 1.165) is 24.2 Å². The summed E-state index contributed by atoms with van der Waals surface area (Å²) in [6.07, 6.45) is 1.04. The Morgan fingerprint density at radius 3 is 2.65 bits per heavy atom. The molecule has 108 valence electrons. The molecule has 20 heavy (non-hydrogen) atoms. The van der Waals surface area contributed by atoms with Crippen LogP contribution in [-0.2, 0) is 16.1 Å². The van der Waals surface area contributed by atoms with Crippen LogP contribution in [0.1, 0.15) is 18.9 Å². The number of rotatable bonds is 5. The number of nitrogens with one attached hydrogen (secondary N) is 2. The van der Waals surface area contributed by atoms with Gasteiger partial charge in [-0.25, -0.2) is 0 Å². The first kappa shape index (κ1) is 14.8. The quantitative estimate of drug-likeness (QED) is 0.635. The molecule has 0 saturated carbocycles. The van der Waals surface area contributed by atoms with E-state index in [9.17, 15) is 9.59 Å². The molecule has 1 heterocycles. The number of amides is 2. The highest BCUT2D eigenvalue weighted by Gasteiger charge is 2.25. The third-order valence-corrected chi connectivity index (χ3v) is 3.38. The molecular weight excluding hydrogens is 278 g/mol. The van der Waals surface area contributed by atoms with Crippen LogP contribution in [0.4, 0.5) is 5.69 Å². The Morgan fingerprint density at radius 2 is 2.00 bits per heavy atom. The Morgan fingerprint density at radius 1 is 1.30 bits per heavy atom. The summed E-state index contributed by atoms with van der Waals surface area (Å²) in [5.41, 5.74) is 1.76. The van der Waals surface area contributed by atoms with E-state index in [0.29, 0.717) is 11.6 Å². The number of imide groups is 1. The second-order valence-corrected chi connectivity index (χ2v) is 5.16. The fraction of sp³-hybridized carbons (Fsp3) is 0.429. The normalized spacial score (nSPS) is 15.4. The number of anilines is 1. The molecule has 0 spiro atoms. The van der Waals surface area contributed by atoms with Gasteiger partial charge in [-0.05, 0) is 24.6 Å². The van der Waals surface area contributed by atoms with Crippen LogP contribution in [0.25, 0.3) is 0 Å². The van der Waals surface area contributed by atoms with Crippen LogP contribution in [0.15, 0.2) is 18.2 Å². The molecule has 0 radical (unpaired) electrons. The maximum atomic E-state index is 11.5. The average molecular weight is 296 g/mol. The minimum atomic E-state index is -0.298. The second-order valence-electron chi connectivity index (χ2n) is 4.75. The van der Waals surface area contributed by atoms with E-state index in [4.69, 9.17) is 11.6 Å². The summed E-state index contributed by atoms with van der Waals surface area (Å²) >= 11 is 6.26. The highest BCUT2D eigenvalue weighted by Crippen LogP contribution is 2.30. The van der Waals surface area contributed by atoms with Crippen molar-refractivity contribution in [2.24, 2.45) is 0 Å². The smallest absolute Gasteiger partial charge is 0.246 e. The van der Waals surface area contributed by atoms with Gasteiger partial charge < -0.3 is 10.2 Å². The summed E-state index contributed by atoms with van der Waals surface area (Å²) < 4.78 is 0. The first-order valence-electron chi connectivity index (χ1n) is 6.67. The van der Waals surface area contributed by atoms with Gasteiger partial charge in [-0.2, -0.15) is 0 Å². The van der Waals surface area contributed by atoms with Gasteiger partial charge in [0.05, 0.1) is 23.8 Å². The lowest BCUT2D eigenvalue weighted by molar-refractivity contribution is -0.130. The van der Waals surface area contributed by atoms with Gasteiger partial charge in [0.15, 0.2) is 0 Å². The molecule has 0 bridgehead atoms. The number of benzene rings is 1. The van der Waals surface area contributed by atoms with Crippen molar-refractivity contribution in [3.05, 3.63) is 28.8 Å². The van der Waals surface area contributed by atoms with Crippen molar-refractivity contribution in [1.82, 2.24) is 10.6 Å². The van der Waals surface area contributed by atoms with Crippen molar-refractivity contribution in [3.8, 4) is 0 Å². The fourth-order valence-corrected chi connectivity index (χ4v) is 2.57. The maximum absolute atomic E-state index is 11.5. The van der Waals surface area contributed by atoms with E-state index >= 15 is 0 Å². The predicted octanol–water partition coefficient (Wildman–Crippen LogP) is 1.30. The Hall–Kier alpha value is -1.59. The molecule has 1 fully saturated rings. The number of piperazine rings is 1. The number of halogens is 1. The van der Waals surface area contributed by atoms with Gasteiger partial charge in [0.25, 0.3) is 0 Å². The zero-order valence-corrected chi connectivity index (χ0v) is 12.2. The van der Waals surface area contributed by atoms with E-state index in [1.165, 1.54) is 0 Å². The zero-order valence-electron chi connectivity index (χ0n) is 11.4. The Kier molecular flexibility index (Phi) is 4.98. The number of carbonyl (C=O) groups is 2. The van der Waals surface area contributed by atoms with Crippen LogP contribution < -0.4 is 15.5 Å². The Labute approximate surface area is 123 Å². The summed E-state index contributed by atoms with van der Waals surface area (Å²) in [5.74, 6) is -0.595. The fourth-order valence-electron chi connectivity index (χ4n) is 2.25. The average Bonchev–Trinajstić information content (AvgIpc) is 2.38. The van der Waals surface area contributed by atoms with Gasteiger partial charge in [-0.15, -0.1) is 0 Å². The zero-order chi connectivity index (χ0) is 14.5. The first-order chi connectivity index (χ1) is 9.61. The minimum absolute atomic E-state index is 0.149. The third kappa shape index (κ3) is 3.49. The minimum Gasteiger partial charge on any atom is -0.351 e. The molecule has 6 heteroatoms. The van der Waals surface area contributed by atoms with Crippen LogP contribution in [0, 0.1) is 0 Å². The Bertz CT molecular complexity index is 503. The molecule has 1 aliphatic heterocycles. The number of hydrogen-bond donors (Lipinski definition) is 2. The molecule has 5 nitrogen and oxygen atoms in total. The van der Waals surface area contributed by atoms with Crippen LogP contribution >= 0.6 is 11.6 Å². The summed E-state index contributed by atoms with van der Waals surface area (Å²) in [6.45, 7) is 3.97. The molecule has 0 atom stereocenters. The molecule has 2 rings (SSSR count). The highest BCUT2D eigenvalue weighted by molar-refractivity contribution is 6.33. The van der Waals surface area contributed by atoms with Gasteiger partial charge in [-0.3, -0.25) is 14.9 Å². The van der Waals surface area contributed by atoms with Crippen LogP contribution in [-0.4, -0.2) is 31.4 Å². The van der Waals surface area contributed by atoms with Crippen molar-refractivity contribution in [3.63, 3.8) is 0 Å². The van der Waals surface area contributed by atoms with E-state index in [1.807, 2.05) is 12.1 Å². The topological polar surface area (TPSA) is 61.4 Å². The lowest BCUT2D eigenvalue weighted by atomic mass is 10.1. The van der Waals surface area contributed by atoms with Crippen molar-refractivity contribution in [2.75, 3.05) is 24.5 Å². The van der Waals surface area contributed by atoms with Crippen molar-refractivity contribution < 1.29 is 9.59 Å². The van der Waals surface area contributed by atoms with E-state index in [1.54, 1.807) is 11.0 Å². The molecule has 1 saturated heterocycles. The summed E-state index contributed by atoms with van der Waals surface area (Å²) in [6, 6.07) is 5.61. The van der Waals surface area contributed by atoms with E-state index in [-0.39, 0.29) is 24.9 Å². The van der Waals surface area contributed by atoms with Crippen molar-refractivity contribution >= 4 is 29.1 Å². The number of hydrogen-bond acceptors (Lipinski definition) is 4. The molecule has 0 aromatic heterocycles. The van der Waals surface area contributed by atoms with Gasteiger partial charge in [0.1, 0.15) is 0 Å². The SMILES string of the molecule is CCCNCc1cccc(Cl)c1N1CC(=O)NC(=O)C1. The number of para-hydroxylation sites is 1. The lowest BCUT2D eigenvalue weighted by Crippen LogP contribution is -2.51. The summed E-state index contributed by atoms with van der Waals surface area (Å²) in [5, 5.41) is 6.16. The van der Waals surface area contributed by atoms with E-state index in [2.05, 4.69) is 17.6 Å². The van der Waals surface area contributed by atoms with Crippen LogP contribution in [0.3, 0.4) is 0 Å². The highest BCUT2D eigenvalue weighted by atomic mass is 35.5. The molecule has 0 aliphatic carbocycles. The van der Waals surface area contributed by atoms with Gasteiger partial charge in [0, 0.05) is 6.54 Å². The molecule has 1 aliphatic rings.